The molecule has 0 bridgehead atoms. The van der Waals surface area contributed by atoms with E-state index in [0.29, 0.717) is 6.04 Å². The Hall–Kier alpha value is -1.64. The van der Waals surface area contributed by atoms with Gasteiger partial charge in [-0.05, 0) is 30.5 Å². The summed E-state index contributed by atoms with van der Waals surface area (Å²) in [6, 6.07) is 21.6. The summed E-state index contributed by atoms with van der Waals surface area (Å²) < 4.78 is 0. The average Bonchev–Trinajstić information content (AvgIpc) is 2.68. The smallest absolute Gasteiger partial charge is 0.0952 e. The summed E-state index contributed by atoms with van der Waals surface area (Å²) in [5, 5.41) is 10.7. The molecule has 1 fully saturated rings. The van der Waals surface area contributed by atoms with E-state index in [2.05, 4.69) is 60.4 Å². The zero-order valence-electron chi connectivity index (χ0n) is 14.7. The fraction of sp³-hybridized carbons (Fsp3) is 0.455. The first-order valence-corrected chi connectivity index (χ1v) is 9.31. The summed E-state index contributed by atoms with van der Waals surface area (Å²) in [7, 11) is 0. The van der Waals surface area contributed by atoms with Gasteiger partial charge in [0.25, 0.3) is 0 Å². The van der Waals surface area contributed by atoms with Gasteiger partial charge in [-0.2, -0.15) is 0 Å². The van der Waals surface area contributed by atoms with Crippen LogP contribution in [0.5, 0.6) is 0 Å². The number of nitrogens with zero attached hydrogens (tertiary/aromatic N) is 1. The molecule has 1 aliphatic carbocycles. The van der Waals surface area contributed by atoms with Crippen molar-refractivity contribution in [2.45, 2.75) is 50.6 Å². The SMILES string of the molecule is CCN(C1CCCCC1)C(CO)(c1ccccc1)c1ccccc1. The molecule has 2 heteroatoms. The molecule has 0 radical (unpaired) electrons. The fourth-order valence-corrected chi connectivity index (χ4v) is 4.43. The molecule has 2 nitrogen and oxygen atoms in total. The van der Waals surface area contributed by atoms with Gasteiger partial charge in [0.05, 0.1) is 12.1 Å². The Kier molecular flexibility index (Phi) is 5.70. The van der Waals surface area contributed by atoms with E-state index < -0.39 is 5.54 Å². The van der Waals surface area contributed by atoms with Gasteiger partial charge in [-0.25, -0.2) is 0 Å². The molecule has 24 heavy (non-hydrogen) atoms. The number of benzene rings is 2. The lowest BCUT2D eigenvalue weighted by Crippen LogP contribution is -2.54. The van der Waals surface area contributed by atoms with Crippen LogP contribution in [0.25, 0.3) is 0 Å². The third-order valence-corrected chi connectivity index (χ3v) is 5.58. The fourth-order valence-electron chi connectivity index (χ4n) is 4.43. The third kappa shape index (κ3) is 3.13. The zero-order valence-corrected chi connectivity index (χ0v) is 14.7. The Morgan fingerprint density at radius 3 is 1.79 bits per heavy atom. The molecular weight excluding hydrogens is 294 g/mol. The molecule has 0 amide bonds. The normalized spacial score (nSPS) is 16.5. The van der Waals surface area contributed by atoms with Crippen LogP contribution in [-0.4, -0.2) is 29.2 Å². The van der Waals surface area contributed by atoms with Crippen molar-refractivity contribution in [3.05, 3.63) is 71.8 Å². The molecule has 0 aliphatic heterocycles. The van der Waals surface area contributed by atoms with Crippen molar-refractivity contribution in [3.63, 3.8) is 0 Å². The van der Waals surface area contributed by atoms with Gasteiger partial charge in [-0.15, -0.1) is 0 Å². The largest absolute Gasteiger partial charge is 0.394 e. The van der Waals surface area contributed by atoms with Crippen molar-refractivity contribution in [2.75, 3.05) is 13.2 Å². The van der Waals surface area contributed by atoms with Crippen LogP contribution in [0.1, 0.15) is 50.2 Å². The average molecular weight is 323 g/mol. The molecule has 3 rings (SSSR count). The maximum absolute atomic E-state index is 10.7. The minimum atomic E-state index is -0.459. The zero-order chi connectivity index (χ0) is 16.8. The lowest BCUT2D eigenvalue weighted by atomic mass is 9.79. The molecular formula is C22H29NO. The van der Waals surface area contributed by atoms with Gasteiger partial charge in [0.1, 0.15) is 0 Å². The van der Waals surface area contributed by atoms with Crippen LogP contribution in [-0.2, 0) is 5.54 Å². The summed E-state index contributed by atoms with van der Waals surface area (Å²) >= 11 is 0. The third-order valence-electron chi connectivity index (χ3n) is 5.58. The van der Waals surface area contributed by atoms with Gasteiger partial charge >= 0.3 is 0 Å². The van der Waals surface area contributed by atoms with Crippen LogP contribution < -0.4 is 0 Å². The molecule has 0 heterocycles. The Labute approximate surface area is 146 Å². The maximum Gasteiger partial charge on any atom is 0.0952 e. The predicted molar refractivity (Wildman–Crippen MR) is 100 cm³/mol. The minimum absolute atomic E-state index is 0.103. The summed E-state index contributed by atoms with van der Waals surface area (Å²) in [4.78, 5) is 2.55. The monoisotopic (exact) mass is 323 g/mol. The lowest BCUT2D eigenvalue weighted by molar-refractivity contribution is 0.0129. The molecule has 0 saturated heterocycles. The molecule has 1 saturated carbocycles. The first kappa shape index (κ1) is 17.2. The molecule has 1 N–H and O–H groups in total. The second kappa shape index (κ2) is 7.96. The number of likely N-dealkylation sites (N-methyl/N-ethyl adjacent to an activating group) is 1. The predicted octanol–water partition coefficient (Wildman–Crippen LogP) is 4.58. The molecule has 1 aliphatic rings. The van der Waals surface area contributed by atoms with Gasteiger partial charge in [0, 0.05) is 6.04 Å². The number of rotatable bonds is 6. The van der Waals surface area contributed by atoms with E-state index >= 15 is 0 Å². The summed E-state index contributed by atoms with van der Waals surface area (Å²) in [5.41, 5.74) is 1.91. The van der Waals surface area contributed by atoms with E-state index in [1.165, 1.54) is 43.2 Å². The van der Waals surface area contributed by atoms with E-state index in [-0.39, 0.29) is 6.61 Å². The first-order valence-electron chi connectivity index (χ1n) is 9.31. The molecule has 2 aromatic carbocycles. The maximum atomic E-state index is 10.7. The molecule has 0 atom stereocenters. The highest BCUT2D eigenvalue weighted by molar-refractivity contribution is 5.39. The van der Waals surface area contributed by atoms with Gasteiger partial charge in [-0.3, -0.25) is 4.90 Å². The van der Waals surface area contributed by atoms with Crippen LogP contribution >= 0.6 is 0 Å². The van der Waals surface area contributed by atoms with Crippen molar-refractivity contribution in [1.29, 1.82) is 0 Å². The number of hydrogen-bond acceptors (Lipinski definition) is 2. The van der Waals surface area contributed by atoms with Crippen molar-refractivity contribution in [3.8, 4) is 0 Å². The Morgan fingerprint density at radius 2 is 1.38 bits per heavy atom. The van der Waals surface area contributed by atoms with Crippen LogP contribution in [0.15, 0.2) is 60.7 Å². The van der Waals surface area contributed by atoms with Crippen LogP contribution in [0.4, 0.5) is 0 Å². The highest BCUT2D eigenvalue weighted by atomic mass is 16.3. The number of aliphatic hydroxyl groups excluding tert-OH is 1. The van der Waals surface area contributed by atoms with Crippen molar-refractivity contribution in [2.24, 2.45) is 0 Å². The molecule has 0 aromatic heterocycles. The van der Waals surface area contributed by atoms with E-state index in [1.54, 1.807) is 0 Å². The quantitative estimate of drug-likeness (QED) is 0.841. The molecule has 128 valence electrons. The molecule has 0 unspecified atom stereocenters. The van der Waals surface area contributed by atoms with E-state index in [1.807, 2.05) is 12.1 Å². The van der Waals surface area contributed by atoms with Crippen molar-refractivity contribution >= 4 is 0 Å². The second-order valence-corrected chi connectivity index (χ2v) is 6.83. The summed E-state index contributed by atoms with van der Waals surface area (Å²) in [6.45, 7) is 3.27. The van der Waals surface area contributed by atoms with E-state index in [9.17, 15) is 5.11 Å². The van der Waals surface area contributed by atoms with Gasteiger partial charge in [0.15, 0.2) is 0 Å². The Bertz CT molecular complexity index is 565. The Morgan fingerprint density at radius 1 is 0.875 bits per heavy atom. The standard InChI is InChI=1S/C22H29NO/c1-2-23(21-16-10-5-11-17-21)22(18-24,19-12-6-3-7-13-19)20-14-8-4-9-15-20/h3-4,6-9,12-15,21,24H,2,5,10-11,16-18H2,1H3. The highest BCUT2D eigenvalue weighted by Crippen LogP contribution is 2.39. The Balaban J connectivity index is 2.13. The molecule has 2 aromatic rings. The van der Waals surface area contributed by atoms with E-state index in [4.69, 9.17) is 0 Å². The second-order valence-electron chi connectivity index (χ2n) is 6.83. The van der Waals surface area contributed by atoms with Gasteiger partial charge in [0.2, 0.25) is 0 Å². The minimum Gasteiger partial charge on any atom is -0.394 e. The van der Waals surface area contributed by atoms with E-state index in [0.717, 1.165) is 6.54 Å². The van der Waals surface area contributed by atoms with Crippen LogP contribution in [0.2, 0.25) is 0 Å². The van der Waals surface area contributed by atoms with Crippen molar-refractivity contribution < 1.29 is 5.11 Å². The van der Waals surface area contributed by atoms with Crippen LogP contribution in [0, 0.1) is 0 Å². The first-order chi connectivity index (χ1) is 11.8. The van der Waals surface area contributed by atoms with Crippen LogP contribution in [0.3, 0.4) is 0 Å². The van der Waals surface area contributed by atoms with Gasteiger partial charge in [-0.1, -0.05) is 86.8 Å². The lowest BCUT2D eigenvalue weighted by Gasteiger charge is -2.48. The van der Waals surface area contributed by atoms with Gasteiger partial charge < -0.3 is 5.11 Å². The summed E-state index contributed by atoms with van der Waals surface area (Å²) in [5.74, 6) is 0. The summed E-state index contributed by atoms with van der Waals surface area (Å²) in [6.07, 6.45) is 6.40. The molecule has 0 spiro atoms. The van der Waals surface area contributed by atoms with Crippen molar-refractivity contribution in [1.82, 2.24) is 4.90 Å². The number of aliphatic hydroxyl groups is 1. The topological polar surface area (TPSA) is 23.5 Å². The highest BCUT2D eigenvalue weighted by Gasteiger charge is 2.42. The number of hydrogen-bond donors (Lipinski definition) is 1.